The van der Waals surface area contributed by atoms with E-state index >= 15 is 0 Å². The molecule has 3 aromatic rings. The zero-order valence-electron chi connectivity index (χ0n) is 17.6. The van der Waals surface area contributed by atoms with E-state index in [0.717, 1.165) is 30.4 Å². The lowest BCUT2D eigenvalue weighted by Crippen LogP contribution is -2.20. The molecule has 1 atom stereocenters. The van der Waals surface area contributed by atoms with Gasteiger partial charge in [-0.2, -0.15) is 5.10 Å². The molecular weight excluding hydrogens is 487 g/mol. The van der Waals surface area contributed by atoms with Crippen molar-refractivity contribution >= 4 is 68.5 Å². The molecule has 10 heteroatoms. The van der Waals surface area contributed by atoms with Crippen molar-refractivity contribution in [2.24, 2.45) is 5.92 Å². The Morgan fingerprint density at radius 2 is 2.09 bits per heavy atom. The lowest BCUT2D eigenvalue weighted by molar-refractivity contribution is 0.0601. The number of esters is 1. The number of hydrogen-bond donors (Lipinski definition) is 2. The molecule has 0 aliphatic heterocycles. The smallest absolute Gasteiger partial charge is 0.341 e. The first-order chi connectivity index (χ1) is 15.4. The van der Waals surface area contributed by atoms with E-state index in [0.29, 0.717) is 43.9 Å². The summed E-state index contributed by atoms with van der Waals surface area (Å²) in [6.07, 6.45) is 6.38. The second-order valence-corrected chi connectivity index (χ2v) is 10.1. The number of methoxy groups -OCH3 is 1. The van der Waals surface area contributed by atoms with Crippen molar-refractivity contribution in [3.8, 4) is 0 Å². The number of hydrogen-bond acceptors (Lipinski definition) is 5. The van der Waals surface area contributed by atoms with Gasteiger partial charge in [-0.1, -0.05) is 36.2 Å². The third-order valence-electron chi connectivity index (χ3n) is 5.40. The molecule has 0 fully saturated rings. The van der Waals surface area contributed by atoms with E-state index in [1.807, 2.05) is 6.20 Å². The van der Waals surface area contributed by atoms with E-state index in [-0.39, 0.29) is 5.97 Å². The summed E-state index contributed by atoms with van der Waals surface area (Å²) in [5.41, 5.74) is 3.18. The molecule has 168 valence electrons. The molecule has 0 spiro atoms. The van der Waals surface area contributed by atoms with Gasteiger partial charge in [0.05, 0.1) is 31.1 Å². The van der Waals surface area contributed by atoms with Crippen LogP contribution in [0, 0.1) is 5.92 Å². The highest BCUT2D eigenvalue weighted by Gasteiger charge is 2.28. The van der Waals surface area contributed by atoms with Crippen LogP contribution in [0.1, 0.15) is 39.7 Å². The van der Waals surface area contributed by atoms with Crippen LogP contribution >= 0.6 is 46.8 Å². The number of nitrogens with zero attached hydrogens (tertiary/aromatic N) is 2. The lowest BCUT2D eigenvalue weighted by atomic mass is 9.88. The van der Waals surface area contributed by atoms with Crippen molar-refractivity contribution in [1.29, 1.82) is 0 Å². The molecule has 0 saturated heterocycles. The normalized spacial score (nSPS) is 15.2. The Morgan fingerprint density at radius 1 is 1.34 bits per heavy atom. The molecule has 1 aliphatic carbocycles. The first kappa shape index (κ1) is 23.0. The van der Waals surface area contributed by atoms with Gasteiger partial charge >= 0.3 is 5.97 Å². The quantitative estimate of drug-likeness (QED) is 0.324. The van der Waals surface area contributed by atoms with Crippen molar-refractivity contribution in [3.63, 3.8) is 0 Å². The maximum absolute atomic E-state index is 12.5. The molecule has 2 N–H and O–H groups in total. The van der Waals surface area contributed by atoms with Crippen LogP contribution in [-0.2, 0) is 24.1 Å². The number of halogens is 2. The molecule has 2 aromatic heterocycles. The van der Waals surface area contributed by atoms with Gasteiger partial charge in [0.1, 0.15) is 5.00 Å². The van der Waals surface area contributed by atoms with Crippen molar-refractivity contribution in [2.45, 2.75) is 32.7 Å². The Kier molecular flexibility index (Phi) is 7.05. The molecule has 6 nitrogen and oxygen atoms in total. The summed E-state index contributed by atoms with van der Waals surface area (Å²) in [6.45, 7) is 2.66. The largest absolute Gasteiger partial charge is 0.465 e. The fraction of sp³-hybridized carbons (Fsp3) is 0.318. The third-order valence-corrected chi connectivity index (χ3v) is 7.48. The van der Waals surface area contributed by atoms with Crippen molar-refractivity contribution in [1.82, 2.24) is 9.78 Å². The van der Waals surface area contributed by atoms with Crippen LogP contribution in [0.3, 0.4) is 0 Å². The Bertz CT molecular complexity index is 1150. The van der Waals surface area contributed by atoms with Crippen LogP contribution in [0.25, 0.3) is 0 Å². The molecule has 2 heterocycles. The average molecular weight is 509 g/mol. The van der Waals surface area contributed by atoms with E-state index in [2.05, 4.69) is 22.7 Å². The summed E-state index contributed by atoms with van der Waals surface area (Å²) in [5, 5.41) is 12.9. The van der Waals surface area contributed by atoms with E-state index in [9.17, 15) is 4.79 Å². The number of thiophene rings is 1. The molecule has 4 rings (SSSR count). The van der Waals surface area contributed by atoms with Gasteiger partial charge in [-0.25, -0.2) is 4.79 Å². The second kappa shape index (κ2) is 9.79. The predicted molar refractivity (Wildman–Crippen MR) is 134 cm³/mol. The minimum absolute atomic E-state index is 0.341. The molecule has 0 bridgehead atoms. The van der Waals surface area contributed by atoms with Gasteiger partial charge in [-0.15, -0.1) is 11.3 Å². The van der Waals surface area contributed by atoms with Crippen LogP contribution in [0.2, 0.25) is 10.0 Å². The van der Waals surface area contributed by atoms with Crippen molar-refractivity contribution in [3.05, 3.63) is 62.2 Å². The average Bonchev–Trinajstić information content (AvgIpc) is 3.33. The summed E-state index contributed by atoms with van der Waals surface area (Å²) < 4.78 is 6.76. The first-order valence-electron chi connectivity index (χ1n) is 10.1. The van der Waals surface area contributed by atoms with Gasteiger partial charge in [-0.3, -0.25) is 4.68 Å². The zero-order chi connectivity index (χ0) is 22.8. The van der Waals surface area contributed by atoms with E-state index < -0.39 is 0 Å². The number of rotatable bonds is 5. The number of carbonyl (C=O) groups is 1. The van der Waals surface area contributed by atoms with Crippen LogP contribution in [0.5, 0.6) is 0 Å². The molecule has 1 aliphatic rings. The monoisotopic (exact) mass is 508 g/mol. The summed E-state index contributed by atoms with van der Waals surface area (Å²) >= 11 is 19.6. The summed E-state index contributed by atoms with van der Waals surface area (Å²) in [7, 11) is 1.40. The van der Waals surface area contributed by atoms with Gasteiger partial charge in [0.2, 0.25) is 0 Å². The number of thiocarbonyl (C=S) groups is 1. The fourth-order valence-electron chi connectivity index (χ4n) is 3.78. The van der Waals surface area contributed by atoms with Crippen LogP contribution in [0.15, 0.2) is 30.6 Å². The number of carbonyl (C=O) groups excluding carboxylic acids is 1. The maximum atomic E-state index is 12.5. The highest BCUT2D eigenvalue weighted by molar-refractivity contribution is 7.80. The van der Waals surface area contributed by atoms with Gasteiger partial charge < -0.3 is 15.4 Å². The van der Waals surface area contributed by atoms with Crippen LogP contribution < -0.4 is 10.6 Å². The van der Waals surface area contributed by atoms with Gasteiger partial charge in [0.15, 0.2) is 5.11 Å². The van der Waals surface area contributed by atoms with E-state index in [1.54, 1.807) is 40.4 Å². The van der Waals surface area contributed by atoms with Crippen molar-refractivity contribution in [2.75, 3.05) is 17.7 Å². The highest BCUT2D eigenvalue weighted by atomic mass is 35.5. The predicted octanol–water partition coefficient (Wildman–Crippen LogP) is 6.02. The Labute approximate surface area is 205 Å². The van der Waals surface area contributed by atoms with E-state index in [4.69, 9.17) is 40.2 Å². The summed E-state index contributed by atoms with van der Waals surface area (Å²) in [5.74, 6) is 0.258. The van der Waals surface area contributed by atoms with Crippen LogP contribution in [0.4, 0.5) is 10.7 Å². The molecule has 0 unspecified atom stereocenters. The topological polar surface area (TPSA) is 68.2 Å². The Morgan fingerprint density at radius 3 is 2.81 bits per heavy atom. The van der Waals surface area contributed by atoms with Gasteiger partial charge in [0.25, 0.3) is 0 Å². The summed E-state index contributed by atoms with van der Waals surface area (Å²) in [6, 6.07) is 5.40. The minimum Gasteiger partial charge on any atom is -0.465 e. The molecule has 0 radical (unpaired) electrons. The van der Waals surface area contributed by atoms with E-state index in [1.165, 1.54) is 12.0 Å². The second-order valence-electron chi connectivity index (χ2n) is 7.75. The number of aromatic nitrogens is 2. The Balaban J connectivity index is 1.47. The minimum atomic E-state index is -0.341. The molecular formula is C22H22Cl2N4O2S2. The molecule has 0 amide bonds. The number of anilines is 2. The zero-order valence-corrected chi connectivity index (χ0v) is 20.7. The maximum Gasteiger partial charge on any atom is 0.341 e. The third kappa shape index (κ3) is 4.93. The number of fused-ring (bicyclic) bond motifs is 1. The fourth-order valence-corrected chi connectivity index (χ4v) is 5.99. The summed E-state index contributed by atoms with van der Waals surface area (Å²) in [4.78, 5) is 13.7. The SMILES string of the molecule is COC(=O)c1c(NC(=S)Nc2cnn(Cc3c(Cl)cccc3Cl)c2)sc2c1CC[C@H](C)C2. The number of benzene rings is 1. The first-order valence-corrected chi connectivity index (χ1v) is 12.1. The van der Waals surface area contributed by atoms with Gasteiger partial charge in [-0.05, 0) is 55.1 Å². The molecule has 0 saturated carbocycles. The van der Waals surface area contributed by atoms with Crippen molar-refractivity contribution < 1.29 is 9.53 Å². The standard InChI is InChI=1S/C22H22Cl2N4O2S2/c1-12-6-7-14-18(8-12)32-20(19(14)21(29)30-2)27-22(31)26-13-9-25-28(10-13)11-15-16(23)4-3-5-17(15)24/h3-5,9-10,12H,6-8,11H2,1-2H3,(H2,26,27,31)/t12-/m0/s1. The highest BCUT2D eigenvalue weighted by Crippen LogP contribution is 2.40. The lowest BCUT2D eigenvalue weighted by Gasteiger charge is -2.18. The van der Waals surface area contributed by atoms with Crippen LogP contribution in [-0.4, -0.2) is 28.0 Å². The Hall–Kier alpha value is -2.13. The van der Waals surface area contributed by atoms with Gasteiger partial charge in [0, 0.05) is 26.7 Å². The number of nitrogens with one attached hydrogen (secondary N) is 2. The molecule has 32 heavy (non-hydrogen) atoms. The number of ether oxygens (including phenoxy) is 1. The molecule has 1 aromatic carbocycles.